The van der Waals surface area contributed by atoms with Gasteiger partial charge in [0.15, 0.2) is 0 Å². The quantitative estimate of drug-likeness (QED) is 0.453. The topological polar surface area (TPSA) is 70.1 Å². The van der Waals surface area contributed by atoms with Crippen molar-refractivity contribution in [3.63, 3.8) is 0 Å². The third-order valence-electron chi connectivity index (χ3n) is 5.62. The Morgan fingerprint density at radius 2 is 2.06 bits per heavy atom. The van der Waals surface area contributed by atoms with Crippen LogP contribution < -0.4 is 5.32 Å². The fourth-order valence-electron chi connectivity index (χ4n) is 4.12. The standard InChI is InChI=1S/C25H21FN4O/c1-14(2)18-4-3-6-29-24(18)25(31)30-23-9-15(8-16-12-27-13-21(16)23)20-10-17(26)11-22-19(20)5-7-28-22/h3-11,13-14,28H,12H2,1-2H3,(H,30,31). The lowest BCUT2D eigenvalue weighted by Crippen LogP contribution is -2.17. The number of fused-ring (bicyclic) bond motifs is 2. The molecule has 0 saturated carbocycles. The second-order valence-electron chi connectivity index (χ2n) is 8.01. The predicted molar refractivity (Wildman–Crippen MR) is 121 cm³/mol. The van der Waals surface area contributed by atoms with Crippen LogP contribution in [0.2, 0.25) is 0 Å². The Labute approximate surface area is 179 Å². The minimum absolute atomic E-state index is 0.169. The molecule has 31 heavy (non-hydrogen) atoms. The van der Waals surface area contributed by atoms with E-state index in [0.29, 0.717) is 17.9 Å². The van der Waals surface area contributed by atoms with E-state index < -0.39 is 0 Å². The molecule has 0 unspecified atom stereocenters. The minimum atomic E-state index is -0.317. The van der Waals surface area contributed by atoms with Gasteiger partial charge >= 0.3 is 0 Å². The van der Waals surface area contributed by atoms with E-state index in [1.165, 1.54) is 12.1 Å². The molecule has 0 radical (unpaired) electrons. The third-order valence-corrected chi connectivity index (χ3v) is 5.62. The first-order chi connectivity index (χ1) is 15.0. The Balaban J connectivity index is 1.60. The van der Waals surface area contributed by atoms with Crippen LogP contribution in [-0.2, 0) is 6.54 Å². The number of benzene rings is 2. The number of nitrogens with one attached hydrogen (secondary N) is 2. The molecule has 2 N–H and O–H groups in total. The fraction of sp³-hybridized carbons (Fsp3) is 0.160. The third kappa shape index (κ3) is 3.40. The van der Waals surface area contributed by atoms with Gasteiger partial charge in [0, 0.05) is 35.1 Å². The average Bonchev–Trinajstić information content (AvgIpc) is 3.42. The molecule has 3 heterocycles. The van der Waals surface area contributed by atoms with Crippen LogP contribution in [0, 0.1) is 5.82 Å². The van der Waals surface area contributed by atoms with E-state index in [1.807, 2.05) is 44.2 Å². The van der Waals surface area contributed by atoms with Crippen LogP contribution in [0.4, 0.5) is 10.1 Å². The number of aliphatic imine (C=N–C) groups is 1. The largest absolute Gasteiger partial charge is 0.361 e. The highest BCUT2D eigenvalue weighted by molar-refractivity contribution is 6.08. The first-order valence-corrected chi connectivity index (χ1v) is 10.2. The van der Waals surface area contributed by atoms with Crippen molar-refractivity contribution < 1.29 is 9.18 Å². The van der Waals surface area contributed by atoms with E-state index in [0.717, 1.165) is 38.7 Å². The molecule has 154 valence electrons. The number of amides is 1. The number of hydrogen-bond donors (Lipinski definition) is 2. The van der Waals surface area contributed by atoms with Gasteiger partial charge in [0.25, 0.3) is 5.91 Å². The first-order valence-electron chi connectivity index (χ1n) is 10.2. The van der Waals surface area contributed by atoms with Gasteiger partial charge in [0.1, 0.15) is 11.5 Å². The number of carbonyl (C=O) groups is 1. The molecule has 0 bridgehead atoms. The molecular formula is C25H21FN4O. The maximum Gasteiger partial charge on any atom is 0.274 e. The van der Waals surface area contributed by atoms with Crippen molar-refractivity contribution in [3.8, 4) is 11.1 Å². The summed E-state index contributed by atoms with van der Waals surface area (Å²) in [5, 5.41) is 3.95. The SMILES string of the molecule is CC(C)c1cccnc1C(=O)Nc1cc(-c2cc(F)cc3[nH]ccc23)cc2c1C=NC2. The summed E-state index contributed by atoms with van der Waals surface area (Å²) in [7, 11) is 0. The van der Waals surface area contributed by atoms with Crippen molar-refractivity contribution in [2.24, 2.45) is 4.99 Å². The highest BCUT2D eigenvalue weighted by atomic mass is 19.1. The van der Waals surface area contributed by atoms with Gasteiger partial charge in [0.05, 0.1) is 12.2 Å². The Hall–Kier alpha value is -3.80. The number of aromatic nitrogens is 2. The molecule has 2 aromatic heterocycles. The lowest BCUT2D eigenvalue weighted by Gasteiger charge is -2.15. The van der Waals surface area contributed by atoms with Gasteiger partial charge in [-0.3, -0.25) is 14.8 Å². The number of H-pyrrole nitrogens is 1. The normalized spacial score (nSPS) is 12.5. The lowest BCUT2D eigenvalue weighted by atomic mass is 9.96. The summed E-state index contributed by atoms with van der Waals surface area (Å²) in [5.41, 5.74) is 6.13. The number of hydrogen-bond acceptors (Lipinski definition) is 3. The van der Waals surface area contributed by atoms with Gasteiger partial charge in [-0.15, -0.1) is 0 Å². The summed E-state index contributed by atoms with van der Waals surface area (Å²) >= 11 is 0. The van der Waals surface area contributed by atoms with E-state index >= 15 is 0 Å². The summed E-state index contributed by atoms with van der Waals surface area (Å²) in [5.74, 6) is -0.417. The Bertz CT molecular complexity index is 1350. The van der Waals surface area contributed by atoms with Gasteiger partial charge in [-0.1, -0.05) is 19.9 Å². The number of rotatable bonds is 4. The molecule has 4 aromatic rings. The van der Waals surface area contributed by atoms with E-state index in [2.05, 4.69) is 20.3 Å². The Morgan fingerprint density at radius 1 is 1.19 bits per heavy atom. The zero-order chi connectivity index (χ0) is 21.5. The molecular weight excluding hydrogens is 391 g/mol. The van der Waals surface area contributed by atoms with Gasteiger partial charge in [0.2, 0.25) is 0 Å². The van der Waals surface area contributed by atoms with Crippen molar-refractivity contribution in [2.45, 2.75) is 26.3 Å². The lowest BCUT2D eigenvalue weighted by molar-refractivity contribution is 0.102. The highest BCUT2D eigenvalue weighted by Gasteiger charge is 2.20. The summed E-state index contributed by atoms with van der Waals surface area (Å²) in [6, 6.07) is 12.6. The molecule has 1 aliphatic heterocycles. The zero-order valence-electron chi connectivity index (χ0n) is 17.2. The van der Waals surface area contributed by atoms with Crippen LogP contribution in [0.5, 0.6) is 0 Å². The van der Waals surface area contributed by atoms with Crippen molar-refractivity contribution in [3.05, 3.63) is 83.1 Å². The maximum absolute atomic E-state index is 14.3. The van der Waals surface area contributed by atoms with Crippen LogP contribution >= 0.6 is 0 Å². The average molecular weight is 412 g/mol. The second-order valence-corrected chi connectivity index (χ2v) is 8.01. The van der Waals surface area contributed by atoms with Gasteiger partial charge in [-0.25, -0.2) is 4.39 Å². The molecule has 0 saturated heterocycles. The summed E-state index contributed by atoms with van der Waals surface area (Å²) < 4.78 is 14.3. The monoisotopic (exact) mass is 412 g/mol. The van der Waals surface area contributed by atoms with E-state index in [9.17, 15) is 9.18 Å². The summed E-state index contributed by atoms with van der Waals surface area (Å²) in [6.45, 7) is 4.59. The molecule has 1 amide bonds. The molecule has 5 rings (SSSR count). The minimum Gasteiger partial charge on any atom is -0.361 e. The van der Waals surface area contributed by atoms with Crippen LogP contribution in [0.1, 0.15) is 46.9 Å². The van der Waals surface area contributed by atoms with Crippen LogP contribution in [-0.4, -0.2) is 22.1 Å². The molecule has 5 nitrogen and oxygen atoms in total. The number of anilines is 1. The number of aromatic amines is 1. The van der Waals surface area contributed by atoms with Crippen molar-refractivity contribution in [2.75, 3.05) is 5.32 Å². The van der Waals surface area contributed by atoms with E-state index in [1.54, 1.807) is 18.6 Å². The summed E-state index contributed by atoms with van der Waals surface area (Å²) in [6.07, 6.45) is 5.19. The van der Waals surface area contributed by atoms with Gasteiger partial charge in [-0.05, 0) is 64.6 Å². The van der Waals surface area contributed by atoms with Gasteiger partial charge < -0.3 is 10.3 Å². The zero-order valence-corrected chi connectivity index (χ0v) is 17.2. The smallest absolute Gasteiger partial charge is 0.274 e. The highest BCUT2D eigenvalue weighted by Crippen LogP contribution is 2.35. The first kappa shape index (κ1) is 19.2. The van der Waals surface area contributed by atoms with Gasteiger partial charge in [-0.2, -0.15) is 0 Å². The van der Waals surface area contributed by atoms with Crippen molar-refractivity contribution in [1.29, 1.82) is 0 Å². The number of pyridine rings is 1. The van der Waals surface area contributed by atoms with Crippen molar-refractivity contribution in [1.82, 2.24) is 9.97 Å². The molecule has 6 heteroatoms. The number of nitrogens with zero attached hydrogens (tertiary/aromatic N) is 2. The molecule has 2 aromatic carbocycles. The molecule has 0 spiro atoms. The maximum atomic E-state index is 14.3. The van der Waals surface area contributed by atoms with Crippen LogP contribution in [0.25, 0.3) is 22.0 Å². The van der Waals surface area contributed by atoms with E-state index in [4.69, 9.17) is 0 Å². The second kappa shape index (κ2) is 7.47. The van der Waals surface area contributed by atoms with Crippen LogP contribution in [0.15, 0.2) is 59.9 Å². The number of halogens is 1. The van der Waals surface area contributed by atoms with Crippen LogP contribution in [0.3, 0.4) is 0 Å². The summed E-state index contributed by atoms with van der Waals surface area (Å²) in [4.78, 5) is 24.9. The Morgan fingerprint density at radius 3 is 2.90 bits per heavy atom. The molecule has 0 fully saturated rings. The van der Waals surface area contributed by atoms with E-state index in [-0.39, 0.29) is 17.6 Å². The number of carbonyl (C=O) groups excluding carboxylic acids is 1. The molecule has 1 aliphatic rings. The van der Waals surface area contributed by atoms with Crippen molar-refractivity contribution >= 4 is 28.7 Å². The fourth-order valence-corrected chi connectivity index (χ4v) is 4.12. The molecule has 0 atom stereocenters. The predicted octanol–water partition coefficient (Wildman–Crippen LogP) is 5.68. The molecule has 0 aliphatic carbocycles. The Kier molecular flexibility index (Phi) is 4.62.